The molecule has 4 nitrogen and oxygen atoms in total. The highest BCUT2D eigenvalue weighted by Gasteiger charge is 2.03. The van der Waals surface area contributed by atoms with Crippen LogP contribution in [-0.4, -0.2) is 43.8 Å². The van der Waals surface area contributed by atoms with Gasteiger partial charge in [0.15, 0.2) is 0 Å². The summed E-state index contributed by atoms with van der Waals surface area (Å²) in [5.41, 5.74) is 0.338. The average molecular weight is 172 g/mol. The van der Waals surface area contributed by atoms with E-state index in [1.165, 1.54) is 0 Å². The Kier molecular flexibility index (Phi) is 5.28. The zero-order valence-corrected chi connectivity index (χ0v) is 7.89. The van der Waals surface area contributed by atoms with Crippen molar-refractivity contribution in [1.29, 1.82) is 5.41 Å². The highest BCUT2D eigenvalue weighted by atomic mass is 16.5. The van der Waals surface area contributed by atoms with Crippen LogP contribution >= 0.6 is 0 Å². The Hall–Kier alpha value is -0.900. The van der Waals surface area contributed by atoms with Crippen LogP contribution in [0.5, 0.6) is 0 Å². The van der Waals surface area contributed by atoms with Crippen molar-refractivity contribution in [2.45, 2.75) is 13.3 Å². The quantitative estimate of drug-likeness (QED) is 0.486. The van der Waals surface area contributed by atoms with Gasteiger partial charge in [0.25, 0.3) is 0 Å². The summed E-state index contributed by atoms with van der Waals surface area (Å²) in [6, 6.07) is 0. The highest BCUT2D eigenvalue weighted by molar-refractivity contribution is 5.95. The van der Waals surface area contributed by atoms with Crippen molar-refractivity contribution >= 4 is 11.7 Å². The molecule has 0 unspecified atom stereocenters. The van der Waals surface area contributed by atoms with Crippen LogP contribution in [0, 0.1) is 5.41 Å². The molecule has 0 heterocycles. The van der Waals surface area contributed by atoms with Crippen LogP contribution in [0.25, 0.3) is 0 Å². The smallest absolute Gasteiger partial charge is 0.311 e. The molecule has 0 aliphatic carbocycles. The molecule has 4 heteroatoms. The average Bonchev–Trinajstić information content (AvgIpc) is 1.84. The van der Waals surface area contributed by atoms with E-state index in [4.69, 9.17) is 10.1 Å². The molecule has 0 aliphatic rings. The number of nitrogens with zero attached hydrogens (tertiary/aromatic N) is 1. The Morgan fingerprint density at radius 2 is 2.08 bits per heavy atom. The maximum atomic E-state index is 10.9. The Labute approximate surface area is 73.0 Å². The summed E-state index contributed by atoms with van der Waals surface area (Å²) in [5, 5.41) is 7.03. The number of likely N-dealkylation sites (N-methyl/N-ethyl adjacent to an activating group) is 1. The van der Waals surface area contributed by atoms with Gasteiger partial charge in [-0.1, -0.05) is 0 Å². The lowest BCUT2D eigenvalue weighted by molar-refractivity contribution is -0.142. The van der Waals surface area contributed by atoms with Crippen LogP contribution in [0.3, 0.4) is 0 Å². The summed E-state index contributed by atoms with van der Waals surface area (Å²) in [7, 11) is 3.82. The van der Waals surface area contributed by atoms with E-state index in [-0.39, 0.29) is 12.4 Å². The van der Waals surface area contributed by atoms with Gasteiger partial charge in [0.1, 0.15) is 6.61 Å². The molecule has 0 rings (SSSR count). The van der Waals surface area contributed by atoms with E-state index in [1.807, 2.05) is 19.0 Å². The van der Waals surface area contributed by atoms with E-state index in [9.17, 15) is 4.79 Å². The van der Waals surface area contributed by atoms with Gasteiger partial charge in [-0.25, -0.2) is 0 Å². The second kappa shape index (κ2) is 5.71. The molecule has 0 saturated carbocycles. The summed E-state index contributed by atoms with van der Waals surface area (Å²) < 4.78 is 4.84. The first-order valence-corrected chi connectivity index (χ1v) is 3.86. The van der Waals surface area contributed by atoms with Crippen LogP contribution < -0.4 is 0 Å². The summed E-state index contributed by atoms with van der Waals surface area (Å²) in [6.45, 7) is 2.72. The number of esters is 1. The second-order valence-corrected chi connectivity index (χ2v) is 2.98. The van der Waals surface area contributed by atoms with Gasteiger partial charge in [-0.2, -0.15) is 0 Å². The number of ether oxygens (including phenoxy) is 1. The number of nitrogens with one attached hydrogen (secondary N) is 1. The highest BCUT2D eigenvalue weighted by Crippen LogP contribution is 1.88. The number of hydrogen-bond acceptors (Lipinski definition) is 4. The molecule has 0 amide bonds. The van der Waals surface area contributed by atoms with Crippen LogP contribution in [0.4, 0.5) is 0 Å². The molecule has 70 valence electrons. The third-order valence-corrected chi connectivity index (χ3v) is 1.21. The lowest BCUT2D eigenvalue weighted by Crippen LogP contribution is -2.20. The van der Waals surface area contributed by atoms with Crippen molar-refractivity contribution in [3.63, 3.8) is 0 Å². The van der Waals surface area contributed by atoms with Gasteiger partial charge in [0.2, 0.25) is 0 Å². The molecule has 0 spiro atoms. The van der Waals surface area contributed by atoms with E-state index >= 15 is 0 Å². The van der Waals surface area contributed by atoms with Crippen molar-refractivity contribution in [1.82, 2.24) is 4.90 Å². The number of hydrogen-bond donors (Lipinski definition) is 1. The van der Waals surface area contributed by atoms with Gasteiger partial charge in [-0.3, -0.25) is 4.79 Å². The van der Waals surface area contributed by atoms with Gasteiger partial charge in [0, 0.05) is 12.3 Å². The van der Waals surface area contributed by atoms with Crippen molar-refractivity contribution in [2.75, 3.05) is 27.2 Å². The van der Waals surface area contributed by atoms with Crippen molar-refractivity contribution in [2.24, 2.45) is 0 Å². The maximum Gasteiger partial charge on any atom is 0.311 e. The molecule has 0 aromatic rings. The minimum Gasteiger partial charge on any atom is -0.464 e. The molecule has 0 aromatic heterocycles. The lowest BCUT2D eigenvalue weighted by Gasteiger charge is -2.09. The first-order valence-electron chi connectivity index (χ1n) is 3.86. The third-order valence-electron chi connectivity index (χ3n) is 1.21. The van der Waals surface area contributed by atoms with Crippen LogP contribution in [-0.2, 0) is 9.53 Å². The standard InChI is InChI=1S/C8H16N2O2/c1-7(9)6-8(11)12-5-4-10(2)3/h9H,4-6H2,1-3H3. The fourth-order valence-corrected chi connectivity index (χ4v) is 0.610. The monoisotopic (exact) mass is 172 g/mol. The minimum atomic E-state index is -0.315. The molecule has 12 heavy (non-hydrogen) atoms. The Morgan fingerprint density at radius 3 is 2.50 bits per heavy atom. The maximum absolute atomic E-state index is 10.9. The van der Waals surface area contributed by atoms with E-state index in [1.54, 1.807) is 6.92 Å². The molecule has 0 aromatic carbocycles. The fraction of sp³-hybridized carbons (Fsp3) is 0.750. The molecule has 0 saturated heterocycles. The molecule has 0 radical (unpaired) electrons. The lowest BCUT2D eigenvalue weighted by atomic mass is 10.3. The van der Waals surface area contributed by atoms with Crippen molar-refractivity contribution in [3.05, 3.63) is 0 Å². The molecule has 0 fully saturated rings. The second-order valence-electron chi connectivity index (χ2n) is 2.98. The Balaban J connectivity index is 3.38. The van der Waals surface area contributed by atoms with Crippen LogP contribution in [0.1, 0.15) is 13.3 Å². The molecular formula is C8H16N2O2. The van der Waals surface area contributed by atoms with Gasteiger partial charge >= 0.3 is 5.97 Å². The molecular weight excluding hydrogens is 156 g/mol. The van der Waals surface area contributed by atoms with E-state index < -0.39 is 0 Å². The number of carbonyl (C=O) groups is 1. The van der Waals surface area contributed by atoms with Gasteiger partial charge in [0.05, 0.1) is 6.42 Å². The molecule has 1 N–H and O–H groups in total. The number of rotatable bonds is 5. The van der Waals surface area contributed by atoms with E-state index in [0.717, 1.165) is 6.54 Å². The molecule has 0 atom stereocenters. The largest absolute Gasteiger partial charge is 0.464 e. The predicted octanol–water partition coefficient (Wildman–Crippen LogP) is 0.521. The minimum absolute atomic E-state index is 0.105. The third kappa shape index (κ3) is 7.21. The zero-order chi connectivity index (χ0) is 9.56. The summed E-state index contributed by atoms with van der Waals surface area (Å²) in [4.78, 5) is 12.8. The Bertz CT molecular complexity index is 166. The summed E-state index contributed by atoms with van der Waals surface area (Å²) >= 11 is 0. The number of carbonyl (C=O) groups excluding carboxylic acids is 1. The SMILES string of the molecule is CC(=N)CC(=O)OCCN(C)C. The van der Waals surface area contributed by atoms with Crippen LogP contribution in [0.2, 0.25) is 0 Å². The summed E-state index contributed by atoms with van der Waals surface area (Å²) in [6.07, 6.45) is 0.105. The predicted molar refractivity (Wildman–Crippen MR) is 47.5 cm³/mol. The zero-order valence-electron chi connectivity index (χ0n) is 7.89. The topological polar surface area (TPSA) is 53.4 Å². The summed E-state index contributed by atoms with van der Waals surface area (Å²) in [5.74, 6) is -0.315. The van der Waals surface area contributed by atoms with Crippen LogP contribution in [0.15, 0.2) is 0 Å². The van der Waals surface area contributed by atoms with Crippen molar-refractivity contribution in [3.8, 4) is 0 Å². The van der Waals surface area contributed by atoms with Gasteiger partial charge in [-0.15, -0.1) is 0 Å². The first-order chi connectivity index (χ1) is 5.52. The molecule has 0 aliphatic heterocycles. The van der Waals surface area contributed by atoms with Gasteiger partial charge < -0.3 is 15.0 Å². The molecule has 0 bridgehead atoms. The van der Waals surface area contributed by atoms with Gasteiger partial charge in [-0.05, 0) is 21.0 Å². The van der Waals surface area contributed by atoms with E-state index in [2.05, 4.69) is 0 Å². The van der Waals surface area contributed by atoms with Crippen molar-refractivity contribution < 1.29 is 9.53 Å². The van der Waals surface area contributed by atoms with E-state index in [0.29, 0.717) is 12.3 Å². The normalized spacial score (nSPS) is 10.0. The first kappa shape index (κ1) is 11.1. The fourth-order valence-electron chi connectivity index (χ4n) is 0.610. The Morgan fingerprint density at radius 1 is 1.50 bits per heavy atom.